The number of nitrogens with zero attached hydrogens (tertiary/aromatic N) is 2. The SMILES string of the molecule is CCCCCC(C)n1c(CCCl)nc2cc(F)c(Br)cc21. The van der Waals surface area contributed by atoms with E-state index in [9.17, 15) is 4.39 Å². The van der Waals surface area contributed by atoms with Gasteiger partial charge in [-0.3, -0.25) is 0 Å². The lowest BCUT2D eigenvalue weighted by Gasteiger charge is -2.17. The van der Waals surface area contributed by atoms with Gasteiger partial charge < -0.3 is 4.57 Å². The van der Waals surface area contributed by atoms with E-state index < -0.39 is 0 Å². The maximum Gasteiger partial charge on any atom is 0.139 e. The van der Waals surface area contributed by atoms with Crippen molar-refractivity contribution in [2.45, 2.75) is 52.0 Å². The Bertz CT molecular complexity index is 612. The predicted octanol–water partition coefficient (Wildman–Crippen LogP) is 5.86. The van der Waals surface area contributed by atoms with Crippen molar-refractivity contribution in [3.05, 3.63) is 28.2 Å². The minimum atomic E-state index is -0.275. The van der Waals surface area contributed by atoms with Gasteiger partial charge in [-0.05, 0) is 35.3 Å². The molecule has 1 unspecified atom stereocenters. The maximum absolute atomic E-state index is 13.7. The molecule has 0 saturated carbocycles. The highest BCUT2D eigenvalue weighted by Crippen LogP contribution is 2.29. The molecule has 0 saturated heterocycles. The van der Waals surface area contributed by atoms with Crippen molar-refractivity contribution in [3.8, 4) is 0 Å². The first-order chi connectivity index (χ1) is 10.1. The van der Waals surface area contributed by atoms with Gasteiger partial charge in [-0.25, -0.2) is 9.37 Å². The van der Waals surface area contributed by atoms with Crippen LogP contribution in [0.1, 0.15) is 51.4 Å². The molecule has 0 fully saturated rings. The van der Waals surface area contributed by atoms with Crippen LogP contribution in [0, 0.1) is 5.82 Å². The van der Waals surface area contributed by atoms with Gasteiger partial charge in [-0.15, -0.1) is 11.6 Å². The average molecular weight is 376 g/mol. The maximum atomic E-state index is 13.7. The first-order valence-corrected chi connectivity index (χ1v) is 8.83. The largest absolute Gasteiger partial charge is 0.325 e. The normalized spacial score (nSPS) is 13.0. The van der Waals surface area contributed by atoms with Crippen molar-refractivity contribution >= 4 is 38.6 Å². The molecule has 1 aromatic carbocycles. The number of rotatable bonds is 7. The smallest absolute Gasteiger partial charge is 0.139 e. The molecular weight excluding hydrogens is 355 g/mol. The second kappa shape index (κ2) is 7.59. The molecule has 0 bridgehead atoms. The summed E-state index contributed by atoms with van der Waals surface area (Å²) in [5.41, 5.74) is 1.69. The fourth-order valence-electron chi connectivity index (χ4n) is 2.71. The van der Waals surface area contributed by atoms with E-state index in [1.54, 1.807) is 0 Å². The highest BCUT2D eigenvalue weighted by molar-refractivity contribution is 9.10. The molecule has 0 aliphatic carbocycles. The number of hydrogen-bond acceptors (Lipinski definition) is 1. The van der Waals surface area contributed by atoms with Gasteiger partial charge in [0.25, 0.3) is 0 Å². The fourth-order valence-corrected chi connectivity index (χ4v) is 3.21. The summed E-state index contributed by atoms with van der Waals surface area (Å²) in [6, 6.07) is 3.66. The summed E-state index contributed by atoms with van der Waals surface area (Å²) < 4.78 is 16.4. The summed E-state index contributed by atoms with van der Waals surface area (Å²) >= 11 is 9.16. The quantitative estimate of drug-likeness (QED) is 0.438. The molecule has 0 N–H and O–H groups in total. The van der Waals surface area contributed by atoms with Crippen LogP contribution in [0.15, 0.2) is 16.6 Å². The molecule has 5 heteroatoms. The van der Waals surface area contributed by atoms with Gasteiger partial charge in [0.1, 0.15) is 11.6 Å². The van der Waals surface area contributed by atoms with Crippen LogP contribution >= 0.6 is 27.5 Å². The van der Waals surface area contributed by atoms with E-state index in [2.05, 4.69) is 39.3 Å². The summed E-state index contributed by atoms with van der Waals surface area (Å²) in [5.74, 6) is 1.19. The molecule has 0 aliphatic rings. The minimum Gasteiger partial charge on any atom is -0.325 e. The van der Waals surface area contributed by atoms with Gasteiger partial charge in [0.2, 0.25) is 0 Å². The van der Waals surface area contributed by atoms with Crippen molar-refractivity contribution in [2.75, 3.05) is 5.88 Å². The number of aryl methyl sites for hydroxylation is 1. The monoisotopic (exact) mass is 374 g/mol. The van der Waals surface area contributed by atoms with E-state index in [4.69, 9.17) is 11.6 Å². The topological polar surface area (TPSA) is 17.8 Å². The minimum absolute atomic E-state index is 0.275. The fraction of sp³-hybridized carbons (Fsp3) is 0.562. The Morgan fingerprint density at radius 3 is 2.81 bits per heavy atom. The van der Waals surface area contributed by atoms with Crippen LogP contribution in [-0.4, -0.2) is 15.4 Å². The standard InChI is InChI=1S/C16H21BrClFN2/c1-3-4-5-6-11(2)21-15-9-12(17)13(19)10-14(15)20-16(21)7-8-18/h9-11H,3-8H2,1-2H3. The van der Waals surface area contributed by atoms with E-state index in [-0.39, 0.29) is 5.82 Å². The van der Waals surface area contributed by atoms with E-state index in [0.29, 0.717) is 28.3 Å². The van der Waals surface area contributed by atoms with Crippen LogP contribution in [-0.2, 0) is 6.42 Å². The number of halogens is 3. The third-order valence-electron chi connectivity index (χ3n) is 3.79. The van der Waals surface area contributed by atoms with Crippen LogP contribution in [0.25, 0.3) is 11.0 Å². The van der Waals surface area contributed by atoms with Crippen molar-refractivity contribution < 1.29 is 4.39 Å². The highest BCUT2D eigenvalue weighted by Gasteiger charge is 2.17. The molecule has 21 heavy (non-hydrogen) atoms. The number of fused-ring (bicyclic) bond motifs is 1. The van der Waals surface area contributed by atoms with E-state index in [1.807, 2.05) is 6.07 Å². The van der Waals surface area contributed by atoms with Gasteiger partial charge in [-0.1, -0.05) is 26.2 Å². The third kappa shape index (κ3) is 3.78. The second-order valence-electron chi connectivity index (χ2n) is 5.44. The zero-order valence-corrected chi connectivity index (χ0v) is 14.8. The van der Waals surface area contributed by atoms with Crippen LogP contribution < -0.4 is 0 Å². The number of aromatic nitrogens is 2. The first-order valence-electron chi connectivity index (χ1n) is 7.50. The Morgan fingerprint density at radius 1 is 1.38 bits per heavy atom. The summed E-state index contributed by atoms with van der Waals surface area (Å²) in [6.45, 7) is 4.40. The zero-order chi connectivity index (χ0) is 15.4. The number of unbranched alkanes of at least 4 members (excludes halogenated alkanes) is 2. The molecule has 1 atom stereocenters. The molecule has 2 nitrogen and oxygen atoms in total. The number of alkyl halides is 1. The van der Waals surface area contributed by atoms with Gasteiger partial charge >= 0.3 is 0 Å². The predicted molar refractivity (Wildman–Crippen MR) is 90.7 cm³/mol. The average Bonchev–Trinajstić information content (AvgIpc) is 2.77. The summed E-state index contributed by atoms with van der Waals surface area (Å²) in [5, 5.41) is 0. The zero-order valence-electron chi connectivity index (χ0n) is 12.5. The van der Waals surface area contributed by atoms with E-state index >= 15 is 0 Å². The number of benzene rings is 1. The summed E-state index contributed by atoms with van der Waals surface area (Å²) in [4.78, 5) is 4.57. The summed E-state index contributed by atoms with van der Waals surface area (Å²) in [7, 11) is 0. The molecule has 0 aliphatic heterocycles. The van der Waals surface area contributed by atoms with Gasteiger partial charge in [0, 0.05) is 24.4 Å². The van der Waals surface area contributed by atoms with Crippen LogP contribution in [0.3, 0.4) is 0 Å². The van der Waals surface area contributed by atoms with Crippen molar-refractivity contribution in [3.63, 3.8) is 0 Å². The molecule has 0 amide bonds. The molecule has 2 rings (SSSR count). The molecular formula is C16H21BrClFN2. The van der Waals surface area contributed by atoms with Gasteiger partial charge in [-0.2, -0.15) is 0 Å². The molecule has 116 valence electrons. The first kappa shape index (κ1) is 16.8. The molecule has 1 aromatic heterocycles. The lowest BCUT2D eigenvalue weighted by atomic mass is 10.1. The van der Waals surface area contributed by atoms with Gasteiger partial charge in [0.15, 0.2) is 0 Å². The van der Waals surface area contributed by atoms with Crippen LogP contribution in [0.4, 0.5) is 4.39 Å². The Labute approximate surface area is 138 Å². The Balaban J connectivity index is 2.42. The van der Waals surface area contributed by atoms with Crippen molar-refractivity contribution in [1.82, 2.24) is 9.55 Å². The van der Waals surface area contributed by atoms with Crippen LogP contribution in [0.2, 0.25) is 0 Å². The second-order valence-corrected chi connectivity index (χ2v) is 6.67. The lowest BCUT2D eigenvalue weighted by molar-refractivity contribution is 0.474. The third-order valence-corrected chi connectivity index (χ3v) is 4.59. The van der Waals surface area contributed by atoms with Crippen molar-refractivity contribution in [2.24, 2.45) is 0 Å². The Hall–Kier alpha value is -0.610. The molecule has 0 radical (unpaired) electrons. The van der Waals surface area contributed by atoms with Gasteiger partial charge in [0.05, 0.1) is 15.5 Å². The highest BCUT2D eigenvalue weighted by atomic mass is 79.9. The Kier molecular flexibility index (Phi) is 6.06. The lowest BCUT2D eigenvalue weighted by Crippen LogP contribution is -2.10. The summed E-state index contributed by atoms with van der Waals surface area (Å²) in [6.07, 6.45) is 5.44. The Morgan fingerprint density at radius 2 is 2.14 bits per heavy atom. The van der Waals surface area contributed by atoms with E-state index in [1.165, 1.54) is 25.3 Å². The molecule has 2 aromatic rings. The molecule has 0 spiro atoms. The van der Waals surface area contributed by atoms with Crippen LogP contribution in [0.5, 0.6) is 0 Å². The molecule has 1 heterocycles. The number of hydrogen-bond donors (Lipinski definition) is 0. The van der Waals surface area contributed by atoms with Crippen molar-refractivity contribution in [1.29, 1.82) is 0 Å². The van der Waals surface area contributed by atoms with E-state index in [0.717, 1.165) is 17.8 Å². The number of imidazole rings is 1.